The second kappa shape index (κ2) is 4.02. The van der Waals surface area contributed by atoms with E-state index in [1.54, 1.807) is 0 Å². The molecule has 0 amide bonds. The van der Waals surface area contributed by atoms with Gasteiger partial charge in [0.15, 0.2) is 0 Å². The number of hydrogen-bond donors (Lipinski definition) is 0. The Bertz CT molecular complexity index is 225. The topological polar surface area (TPSA) is 9.23 Å². The molecule has 0 spiro atoms. The lowest BCUT2D eigenvalue weighted by atomic mass is 10.2. The van der Waals surface area contributed by atoms with Crippen LogP contribution in [0.1, 0.15) is 20.8 Å². The Hall–Kier alpha value is -0.390. The minimum atomic E-state index is -0.0334. The summed E-state index contributed by atoms with van der Waals surface area (Å²) in [5.74, 6) is 0. The van der Waals surface area contributed by atoms with Gasteiger partial charge in [0.25, 0.3) is 0 Å². The summed E-state index contributed by atoms with van der Waals surface area (Å²) in [6.45, 7) is 6.22. The van der Waals surface area contributed by atoms with Crippen molar-refractivity contribution >= 4 is 14.1 Å². The SMILES string of the molecule is CC(C)(C)OPc1ccccc1. The molecule has 2 heteroatoms. The minimum Gasteiger partial charge on any atom is -0.352 e. The molecule has 1 rings (SSSR count). The Labute approximate surface area is 76.0 Å². The van der Waals surface area contributed by atoms with Crippen LogP contribution in [0.15, 0.2) is 30.3 Å². The van der Waals surface area contributed by atoms with E-state index in [0.29, 0.717) is 8.81 Å². The molecule has 0 saturated carbocycles. The van der Waals surface area contributed by atoms with Gasteiger partial charge in [0.05, 0.1) is 5.60 Å². The molecule has 0 aliphatic heterocycles. The lowest BCUT2D eigenvalue weighted by Gasteiger charge is -2.18. The van der Waals surface area contributed by atoms with Gasteiger partial charge >= 0.3 is 0 Å². The zero-order valence-electron chi connectivity index (χ0n) is 7.79. The third-order valence-electron chi connectivity index (χ3n) is 1.25. The van der Waals surface area contributed by atoms with Gasteiger partial charge in [-0.2, -0.15) is 0 Å². The molecule has 0 aromatic heterocycles. The summed E-state index contributed by atoms with van der Waals surface area (Å²) in [4.78, 5) is 0. The molecule has 66 valence electrons. The first-order valence-electron chi connectivity index (χ1n) is 4.07. The molecule has 0 aliphatic rings. The van der Waals surface area contributed by atoms with E-state index >= 15 is 0 Å². The molecule has 0 fully saturated rings. The van der Waals surface area contributed by atoms with E-state index in [9.17, 15) is 0 Å². The van der Waals surface area contributed by atoms with Crippen LogP contribution in [0.3, 0.4) is 0 Å². The molecule has 12 heavy (non-hydrogen) atoms. The second-order valence-corrected chi connectivity index (χ2v) is 4.67. The molecule has 1 aromatic carbocycles. The molecule has 0 radical (unpaired) electrons. The van der Waals surface area contributed by atoms with E-state index in [2.05, 4.69) is 32.9 Å². The highest BCUT2D eigenvalue weighted by Gasteiger charge is 2.09. The van der Waals surface area contributed by atoms with Crippen LogP contribution in [-0.2, 0) is 4.52 Å². The van der Waals surface area contributed by atoms with E-state index in [1.807, 2.05) is 18.2 Å². The molecule has 0 saturated heterocycles. The van der Waals surface area contributed by atoms with E-state index < -0.39 is 0 Å². The van der Waals surface area contributed by atoms with Crippen LogP contribution in [0.2, 0.25) is 0 Å². The Morgan fingerprint density at radius 2 is 1.67 bits per heavy atom. The van der Waals surface area contributed by atoms with Crippen molar-refractivity contribution in [2.45, 2.75) is 26.4 Å². The fourth-order valence-corrected chi connectivity index (χ4v) is 1.47. The third kappa shape index (κ3) is 3.85. The van der Waals surface area contributed by atoms with Crippen LogP contribution in [0, 0.1) is 0 Å². The summed E-state index contributed by atoms with van der Waals surface area (Å²) in [5, 5.41) is 1.26. The van der Waals surface area contributed by atoms with Crippen LogP contribution < -0.4 is 5.30 Å². The molecular formula is C10H15OP. The minimum absolute atomic E-state index is 0.0334. The second-order valence-electron chi connectivity index (χ2n) is 3.68. The monoisotopic (exact) mass is 182 g/mol. The molecule has 1 unspecified atom stereocenters. The summed E-state index contributed by atoms with van der Waals surface area (Å²) >= 11 is 0. The van der Waals surface area contributed by atoms with Crippen molar-refractivity contribution in [3.8, 4) is 0 Å². The lowest BCUT2D eigenvalue weighted by molar-refractivity contribution is 0.159. The molecule has 0 bridgehead atoms. The molecule has 0 aliphatic carbocycles. The largest absolute Gasteiger partial charge is 0.352 e. The predicted molar refractivity (Wildman–Crippen MR) is 55.2 cm³/mol. The van der Waals surface area contributed by atoms with Gasteiger partial charge in [-0.05, 0) is 26.1 Å². The Balaban J connectivity index is 2.44. The zero-order chi connectivity index (χ0) is 9.03. The Morgan fingerprint density at radius 1 is 1.08 bits per heavy atom. The van der Waals surface area contributed by atoms with Gasteiger partial charge in [-0.1, -0.05) is 30.3 Å². The van der Waals surface area contributed by atoms with Crippen molar-refractivity contribution in [1.29, 1.82) is 0 Å². The van der Waals surface area contributed by atoms with E-state index in [1.165, 1.54) is 5.30 Å². The van der Waals surface area contributed by atoms with Gasteiger partial charge in [-0.3, -0.25) is 0 Å². The van der Waals surface area contributed by atoms with Crippen LogP contribution in [0.4, 0.5) is 0 Å². The van der Waals surface area contributed by atoms with E-state index in [-0.39, 0.29) is 5.60 Å². The summed E-state index contributed by atoms with van der Waals surface area (Å²) in [6.07, 6.45) is 0. The van der Waals surface area contributed by atoms with Crippen LogP contribution in [-0.4, -0.2) is 5.60 Å². The van der Waals surface area contributed by atoms with Crippen molar-refractivity contribution in [2.75, 3.05) is 0 Å². The predicted octanol–water partition coefficient (Wildman–Crippen LogP) is 2.72. The van der Waals surface area contributed by atoms with Crippen LogP contribution >= 0.6 is 8.81 Å². The zero-order valence-corrected chi connectivity index (χ0v) is 8.79. The van der Waals surface area contributed by atoms with Crippen molar-refractivity contribution in [1.82, 2.24) is 0 Å². The number of rotatable bonds is 2. The summed E-state index contributed by atoms with van der Waals surface area (Å²) < 4.78 is 5.64. The lowest BCUT2D eigenvalue weighted by Crippen LogP contribution is -2.15. The van der Waals surface area contributed by atoms with Crippen molar-refractivity contribution < 1.29 is 4.52 Å². The smallest absolute Gasteiger partial charge is 0.0642 e. The molecular weight excluding hydrogens is 167 g/mol. The van der Waals surface area contributed by atoms with Gasteiger partial charge in [0.2, 0.25) is 0 Å². The van der Waals surface area contributed by atoms with Gasteiger partial charge in [0.1, 0.15) is 0 Å². The number of benzene rings is 1. The van der Waals surface area contributed by atoms with Gasteiger partial charge in [-0.15, -0.1) is 0 Å². The summed E-state index contributed by atoms with van der Waals surface area (Å²) in [7, 11) is 0.456. The first-order valence-corrected chi connectivity index (χ1v) is 4.98. The normalized spacial score (nSPS) is 12.6. The van der Waals surface area contributed by atoms with Gasteiger partial charge in [0, 0.05) is 8.81 Å². The average Bonchev–Trinajstić information content (AvgIpc) is 2.02. The van der Waals surface area contributed by atoms with Crippen LogP contribution in [0.5, 0.6) is 0 Å². The standard InChI is InChI=1S/C10H15OP/c1-10(2,3)11-12-9-7-5-4-6-8-9/h4-8,12H,1-3H3. The van der Waals surface area contributed by atoms with Crippen molar-refractivity contribution in [2.24, 2.45) is 0 Å². The highest BCUT2D eigenvalue weighted by molar-refractivity contribution is 7.42. The summed E-state index contributed by atoms with van der Waals surface area (Å²) in [5.41, 5.74) is -0.0334. The molecule has 0 N–H and O–H groups in total. The molecule has 1 nitrogen and oxygen atoms in total. The Kier molecular flexibility index (Phi) is 3.25. The molecule has 1 atom stereocenters. The van der Waals surface area contributed by atoms with E-state index in [0.717, 1.165) is 0 Å². The van der Waals surface area contributed by atoms with Crippen LogP contribution in [0.25, 0.3) is 0 Å². The molecule has 1 aromatic rings. The maximum Gasteiger partial charge on any atom is 0.0642 e. The quantitative estimate of drug-likeness (QED) is 0.639. The number of hydrogen-bond acceptors (Lipinski definition) is 1. The maximum absolute atomic E-state index is 5.64. The first-order chi connectivity index (χ1) is 5.58. The average molecular weight is 182 g/mol. The van der Waals surface area contributed by atoms with E-state index in [4.69, 9.17) is 4.52 Å². The third-order valence-corrected chi connectivity index (χ3v) is 2.53. The molecule has 0 heterocycles. The highest BCUT2D eigenvalue weighted by Crippen LogP contribution is 2.21. The fourth-order valence-electron chi connectivity index (χ4n) is 0.718. The van der Waals surface area contributed by atoms with Crippen molar-refractivity contribution in [3.05, 3.63) is 30.3 Å². The van der Waals surface area contributed by atoms with Gasteiger partial charge < -0.3 is 4.52 Å². The highest BCUT2D eigenvalue weighted by atomic mass is 31.1. The first kappa shape index (κ1) is 9.70. The maximum atomic E-state index is 5.64. The Morgan fingerprint density at radius 3 is 2.17 bits per heavy atom. The summed E-state index contributed by atoms with van der Waals surface area (Å²) in [6, 6.07) is 10.3. The van der Waals surface area contributed by atoms with Crippen molar-refractivity contribution in [3.63, 3.8) is 0 Å². The van der Waals surface area contributed by atoms with Gasteiger partial charge in [-0.25, -0.2) is 0 Å². The fraction of sp³-hybridized carbons (Fsp3) is 0.400.